The van der Waals surface area contributed by atoms with Crippen LogP contribution in [0.3, 0.4) is 0 Å². The highest BCUT2D eigenvalue weighted by Gasteiger charge is 2.17. The summed E-state index contributed by atoms with van der Waals surface area (Å²) in [6, 6.07) is 16.3. The Morgan fingerprint density at radius 1 is 1.00 bits per heavy atom. The summed E-state index contributed by atoms with van der Waals surface area (Å²) >= 11 is 1.33. The van der Waals surface area contributed by atoms with Gasteiger partial charge in [0.15, 0.2) is 11.0 Å². The van der Waals surface area contributed by atoms with Gasteiger partial charge >= 0.3 is 5.97 Å². The molecule has 0 fully saturated rings. The summed E-state index contributed by atoms with van der Waals surface area (Å²) in [5.74, 6) is 0.694. The number of rotatable bonds is 6. The molecule has 0 unspecified atom stereocenters. The van der Waals surface area contributed by atoms with Crippen molar-refractivity contribution in [3.8, 4) is 17.1 Å². The lowest BCUT2D eigenvalue weighted by Gasteiger charge is -2.11. The van der Waals surface area contributed by atoms with Gasteiger partial charge in [-0.25, -0.2) is 0 Å². The Hall–Kier alpha value is -2.60. The third-order valence-corrected chi connectivity index (χ3v) is 4.76. The van der Waals surface area contributed by atoms with E-state index in [0.29, 0.717) is 11.8 Å². The van der Waals surface area contributed by atoms with Crippen LogP contribution in [0.5, 0.6) is 0 Å². The summed E-state index contributed by atoms with van der Waals surface area (Å²) in [5, 5.41) is 9.36. The zero-order chi connectivity index (χ0) is 18.5. The highest BCUT2D eigenvalue weighted by atomic mass is 32.2. The smallest absolute Gasteiger partial charge is 0.316 e. The van der Waals surface area contributed by atoms with Gasteiger partial charge in [-0.05, 0) is 32.9 Å². The number of thioether (sulfide) groups is 1. The number of hydrogen-bond donors (Lipinski definition) is 0. The molecule has 0 atom stereocenters. The lowest BCUT2D eigenvalue weighted by atomic mass is 10.1. The van der Waals surface area contributed by atoms with Gasteiger partial charge in [-0.15, -0.1) is 10.2 Å². The number of benzene rings is 2. The molecule has 0 bridgehead atoms. The Balaban J connectivity index is 2.00. The molecule has 1 heterocycles. The summed E-state index contributed by atoms with van der Waals surface area (Å²) in [4.78, 5) is 11.7. The Kier molecular flexibility index (Phi) is 5.73. The summed E-state index contributed by atoms with van der Waals surface area (Å²) in [6.45, 7) is 6.27. The molecule has 0 spiro atoms. The van der Waals surface area contributed by atoms with Crippen molar-refractivity contribution < 1.29 is 9.53 Å². The zero-order valence-electron chi connectivity index (χ0n) is 15.1. The average Bonchev–Trinajstić information content (AvgIpc) is 3.05. The molecule has 2 aromatic carbocycles. The van der Waals surface area contributed by atoms with Crippen LogP contribution in [0.2, 0.25) is 0 Å². The molecule has 134 valence electrons. The molecule has 6 heteroatoms. The molecule has 1 aromatic heterocycles. The third kappa shape index (κ3) is 4.14. The van der Waals surface area contributed by atoms with Crippen molar-refractivity contribution >= 4 is 17.7 Å². The van der Waals surface area contributed by atoms with E-state index in [1.807, 2.05) is 47.9 Å². The van der Waals surface area contributed by atoms with Crippen molar-refractivity contribution in [1.29, 1.82) is 0 Å². The van der Waals surface area contributed by atoms with Crippen molar-refractivity contribution in [2.24, 2.45) is 0 Å². The van der Waals surface area contributed by atoms with Crippen LogP contribution in [-0.2, 0) is 9.53 Å². The van der Waals surface area contributed by atoms with Crippen LogP contribution < -0.4 is 0 Å². The highest BCUT2D eigenvalue weighted by Crippen LogP contribution is 2.28. The van der Waals surface area contributed by atoms with Crippen LogP contribution in [0.1, 0.15) is 18.1 Å². The first-order valence-corrected chi connectivity index (χ1v) is 9.45. The number of aromatic nitrogens is 3. The van der Waals surface area contributed by atoms with E-state index < -0.39 is 0 Å². The minimum Gasteiger partial charge on any atom is -0.465 e. The first-order chi connectivity index (χ1) is 12.6. The Morgan fingerprint density at radius 3 is 2.23 bits per heavy atom. The Morgan fingerprint density at radius 2 is 1.62 bits per heavy atom. The molecule has 0 N–H and O–H groups in total. The van der Waals surface area contributed by atoms with Crippen molar-refractivity contribution in [2.75, 3.05) is 12.4 Å². The standard InChI is InChI=1S/C20H21N3O2S/c1-4-25-18(24)13-26-20-22-21-19(16-9-5-14(2)6-10-16)23(20)17-11-7-15(3)8-12-17/h5-12H,4,13H2,1-3H3. The van der Waals surface area contributed by atoms with Gasteiger partial charge in [-0.1, -0.05) is 59.3 Å². The normalized spacial score (nSPS) is 10.7. The first kappa shape index (κ1) is 18.2. The summed E-state index contributed by atoms with van der Waals surface area (Å²) in [5.41, 5.74) is 4.31. The van der Waals surface area contributed by atoms with Crippen LogP contribution in [-0.4, -0.2) is 33.1 Å². The molecule has 3 aromatic rings. The molecule has 5 nitrogen and oxygen atoms in total. The predicted octanol–water partition coefficient (Wildman–Crippen LogP) is 4.21. The number of esters is 1. The van der Waals surface area contributed by atoms with Gasteiger partial charge in [-0.2, -0.15) is 0 Å². The zero-order valence-corrected chi connectivity index (χ0v) is 15.9. The fourth-order valence-corrected chi connectivity index (χ4v) is 3.26. The third-order valence-electron chi connectivity index (χ3n) is 3.86. The lowest BCUT2D eigenvalue weighted by Crippen LogP contribution is -2.08. The number of ether oxygens (including phenoxy) is 1. The molecular formula is C20H21N3O2S. The van der Waals surface area contributed by atoms with Crippen LogP contribution in [0, 0.1) is 13.8 Å². The van der Waals surface area contributed by atoms with Crippen molar-refractivity contribution in [1.82, 2.24) is 14.8 Å². The van der Waals surface area contributed by atoms with E-state index >= 15 is 0 Å². The van der Waals surface area contributed by atoms with E-state index in [-0.39, 0.29) is 11.7 Å². The fourth-order valence-electron chi connectivity index (χ4n) is 2.51. The molecule has 0 amide bonds. The SMILES string of the molecule is CCOC(=O)CSc1nnc(-c2ccc(C)cc2)n1-c1ccc(C)cc1. The van der Waals surface area contributed by atoms with Crippen LogP contribution in [0.25, 0.3) is 17.1 Å². The molecule has 0 aliphatic carbocycles. The maximum Gasteiger partial charge on any atom is 0.316 e. The van der Waals surface area contributed by atoms with E-state index in [0.717, 1.165) is 17.1 Å². The first-order valence-electron chi connectivity index (χ1n) is 8.46. The van der Waals surface area contributed by atoms with Gasteiger partial charge in [0.2, 0.25) is 0 Å². The summed E-state index contributed by atoms with van der Waals surface area (Å²) in [7, 11) is 0. The van der Waals surface area contributed by atoms with Gasteiger partial charge in [-0.3, -0.25) is 9.36 Å². The lowest BCUT2D eigenvalue weighted by molar-refractivity contribution is -0.139. The molecule has 0 saturated carbocycles. The number of aryl methyl sites for hydroxylation is 2. The molecular weight excluding hydrogens is 346 g/mol. The monoisotopic (exact) mass is 367 g/mol. The van der Waals surface area contributed by atoms with Crippen LogP contribution in [0.4, 0.5) is 0 Å². The molecule has 0 radical (unpaired) electrons. The second-order valence-corrected chi connectivity index (χ2v) is 6.88. The topological polar surface area (TPSA) is 57.0 Å². The maximum atomic E-state index is 11.7. The summed E-state index contributed by atoms with van der Waals surface area (Å²) < 4.78 is 6.99. The largest absolute Gasteiger partial charge is 0.465 e. The average molecular weight is 367 g/mol. The molecule has 0 aliphatic rings. The van der Waals surface area contributed by atoms with Gasteiger partial charge < -0.3 is 4.74 Å². The second kappa shape index (κ2) is 8.19. The van der Waals surface area contributed by atoms with E-state index in [4.69, 9.17) is 4.74 Å². The number of carbonyl (C=O) groups is 1. The molecule has 3 rings (SSSR count). The van der Waals surface area contributed by atoms with E-state index in [9.17, 15) is 4.79 Å². The number of hydrogen-bond acceptors (Lipinski definition) is 5. The molecule has 26 heavy (non-hydrogen) atoms. The molecule has 0 saturated heterocycles. The second-order valence-electron chi connectivity index (χ2n) is 5.94. The predicted molar refractivity (Wildman–Crippen MR) is 104 cm³/mol. The van der Waals surface area contributed by atoms with E-state index in [1.54, 1.807) is 6.92 Å². The fraction of sp³-hybridized carbons (Fsp3) is 0.250. The van der Waals surface area contributed by atoms with E-state index in [2.05, 4.69) is 29.3 Å². The van der Waals surface area contributed by atoms with E-state index in [1.165, 1.54) is 22.9 Å². The van der Waals surface area contributed by atoms with Gasteiger partial charge in [0.1, 0.15) is 0 Å². The minimum absolute atomic E-state index is 0.200. The quantitative estimate of drug-likeness (QED) is 0.483. The molecule has 0 aliphatic heterocycles. The Labute approximate surface area is 157 Å². The highest BCUT2D eigenvalue weighted by molar-refractivity contribution is 7.99. The van der Waals surface area contributed by atoms with Crippen LogP contribution in [0.15, 0.2) is 53.7 Å². The van der Waals surface area contributed by atoms with Crippen molar-refractivity contribution in [3.05, 3.63) is 59.7 Å². The number of carbonyl (C=O) groups excluding carboxylic acids is 1. The van der Waals surface area contributed by atoms with Gasteiger partial charge in [0.25, 0.3) is 0 Å². The van der Waals surface area contributed by atoms with Crippen molar-refractivity contribution in [2.45, 2.75) is 25.9 Å². The van der Waals surface area contributed by atoms with Gasteiger partial charge in [0.05, 0.1) is 12.4 Å². The maximum absolute atomic E-state index is 11.7. The van der Waals surface area contributed by atoms with Gasteiger partial charge in [0, 0.05) is 11.3 Å². The number of nitrogens with zero attached hydrogens (tertiary/aromatic N) is 3. The summed E-state index contributed by atoms with van der Waals surface area (Å²) in [6.07, 6.45) is 0. The van der Waals surface area contributed by atoms with Crippen molar-refractivity contribution in [3.63, 3.8) is 0 Å². The van der Waals surface area contributed by atoms with Crippen LogP contribution >= 0.6 is 11.8 Å². The Bertz CT molecular complexity index is 886. The minimum atomic E-state index is -0.257.